The molecule has 2 heterocycles. The number of benzene rings is 2. The maximum Gasteiger partial charge on any atom is 0.236 e. The zero-order valence-corrected chi connectivity index (χ0v) is 13.6. The van der Waals surface area contributed by atoms with Crippen LogP contribution in [0.1, 0.15) is 0 Å². The van der Waals surface area contributed by atoms with Gasteiger partial charge < -0.3 is 15.2 Å². The predicted octanol–water partition coefficient (Wildman–Crippen LogP) is 3.56. The second-order valence-electron chi connectivity index (χ2n) is 5.02. The minimum Gasteiger partial charge on any atom is -0.492 e. The first-order valence-corrected chi connectivity index (χ1v) is 8.09. The molecule has 4 aromatic rings. The third kappa shape index (κ3) is 3.26. The molecule has 0 unspecified atom stereocenters. The molecular formula is C16H12N6O2S. The van der Waals surface area contributed by atoms with Crippen molar-refractivity contribution in [2.45, 2.75) is 0 Å². The summed E-state index contributed by atoms with van der Waals surface area (Å²) in [5, 5.41) is 27.2. The van der Waals surface area contributed by atoms with Gasteiger partial charge in [-0.15, -0.1) is 5.10 Å². The lowest BCUT2D eigenvalue weighted by Crippen LogP contribution is -1.91. The smallest absolute Gasteiger partial charge is 0.236 e. The van der Waals surface area contributed by atoms with Crippen LogP contribution in [0.5, 0.6) is 17.4 Å². The lowest BCUT2D eigenvalue weighted by molar-refractivity contribution is 0.461. The number of anilines is 2. The molecule has 0 saturated heterocycles. The van der Waals surface area contributed by atoms with Crippen molar-refractivity contribution in [2.24, 2.45) is 0 Å². The van der Waals surface area contributed by atoms with Crippen LogP contribution in [0.25, 0.3) is 11.4 Å². The highest BCUT2D eigenvalue weighted by atomic mass is 32.1. The number of nitrogens with one attached hydrogen (secondary N) is 2. The molecule has 0 radical (unpaired) electrons. The maximum absolute atomic E-state index is 9.91. The molecule has 124 valence electrons. The van der Waals surface area contributed by atoms with E-state index in [2.05, 4.69) is 30.3 Å². The molecule has 9 heteroatoms. The van der Waals surface area contributed by atoms with Crippen molar-refractivity contribution in [1.29, 1.82) is 0 Å². The van der Waals surface area contributed by atoms with Gasteiger partial charge in [-0.3, -0.25) is 0 Å². The summed E-state index contributed by atoms with van der Waals surface area (Å²) in [5.41, 5.74) is 1.25. The van der Waals surface area contributed by atoms with Gasteiger partial charge in [0.2, 0.25) is 5.88 Å². The zero-order valence-electron chi connectivity index (χ0n) is 12.7. The van der Waals surface area contributed by atoms with Crippen molar-refractivity contribution in [1.82, 2.24) is 25.0 Å². The molecule has 0 aliphatic heterocycles. The van der Waals surface area contributed by atoms with Crippen LogP contribution in [0.2, 0.25) is 0 Å². The highest BCUT2D eigenvalue weighted by molar-refractivity contribution is 7.11. The molecule has 0 aliphatic rings. The monoisotopic (exact) mass is 352 g/mol. The Morgan fingerprint density at radius 3 is 2.48 bits per heavy atom. The largest absolute Gasteiger partial charge is 0.492 e. The number of ether oxygens (including phenoxy) is 1. The van der Waals surface area contributed by atoms with E-state index in [1.165, 1.54) is 0 Å². The average molecular weight is 352 g/mol. The van der Waals surface area contributed by atoms with Gasteiger partial charge in [0.25, 0.3) is 0 Å². The topological polar surface area (TPSA) is 109 Å². The molecule has 2 aromatic heterocycles. The number of hydrogen-bond donors (Lipinski definition) is 3. The summed E-state index contributed by atoms with van der Waals surface area (Å²) in [6, 6.07) is 17.0. The van der Waals surface area contributed by atoms with E-state index in [1.807, 2.05) is 54.6 Å². The number of aromatic amines is 1. The lowest BCUT2D eigenvalue weighted by Gasteiger charge is -2.08. The second kappa shape index (κ2) is 6.57. The molecule has 2 aromatic carbocycles. The van der Waals surface area contributed by atoms with Crippen molar-refractivity contribution < 1.29 is 9.84 Å². The third-order valence-electron chi connectivity index (χ3n) is 3.35. The average Bonchev–Trinajstić information content (AvgIpc) is 3.27. The Labute approximate surface area is 146 Å². The van der Waals surface area contributed by atoms with Gasteiger partial charge in [0.1, 0.15) is 22.1 Å². The summed E-state index contributed by atoms with van der Waals surface area (Å²) < 4.78 is 9.70. The molecule has 0 aliphatic carbocycles. The van der Waals surface area contributed by atoms with Gasteiger partial charge in [-0.05, 0) is 58.4 Å². The number of aromatic hydroxyl groups is 1. The minimum absolute atomic E-state index is 0.130. The van der Waals surface area contributed by atoms with E-state index < -0.39 is 0 Å². The van der Waals surface area contributed by atoms with Crippen LogP contribution >= 0.6 is 11.5 Å². The molecule has 3 N–H and O–H groups in total. The van der Waals surface area contributed by atoms with E-state index in [4.69, 9.17) is 4.74 Å². The van der Waals surface area contributed by atoms with Crippen LogP contribution in [-0.4, -0.2) is 30.1 Å². The molecule has 25 heavy (non-hydrogen) atoms. The number of tetrazole rings is 1. The van der Waals surface area contributed by atoms with E-state index >= 15 is 0 Å². The van der Waals surface area contributed by atoms with Crippen molar-refractivity contribution in [3.8, 4) is 28.8 Å². The molecular weight excluding hydrogens is 340 g/mol. The SMILES string of the molecule is Oc1nsc(Nc2ccc(Oc3ccccc3)cc2)c1-c1nnn[nH]1. The number of rotatable bonds is 5. The number of aromatic nitrogens is 5. The number of para-hydroxylation sites is 1. The zero-order chi connectivity index (χ0) is 17.1. The molecule has 8 nitrogen and oxygen atoms in total. The van der Waals surface area contributed by atoms with Crippen LogP contribution < -0.4 is 10.1 Å². The van der Waals surface area contributed by atoms with E-state index in [0.29, 0.717) is 16.4 Å². The van der Waals surface area contributed by atoms with Gasteiger partial charge in [-0.2, -0.15) is 4.37 Å². The standard InChI is InChI=1S/C16H12N6O2S/c23-15-13(14-18-21-22-19-14)16(25-20-15)17-10-6-8-12(9-7-10)24-11-4-2-1-3-5-11/h1-9,17H,(H,20,23)(H,18,19,21,22). The Morgan fingerprint density at radius 2 is 1.76 bits per heavy atom. The van der Waals surface area contributed by atoms with Gasteiger partial charge in [-0.25, -0.2) is 5.10 Å². The van der Waals surface area contributed by atoms with Gasteiger partial charge in [0, 0.05) is 5.69 Å². The molecule has 0 amide bonds. The van der Waals surface area contributed by atoms with Gasteiger partial charge >= 0.3 is 0 Å². The normalized spacial score (nSPS) is 10.6. The maximum atomic E-state index is 9.91. The van der Waals surface area contributed by atoms with E-state index in [-0.39, 0.29) is 5.88 Å². The quantitative estimate of drug-likeness (QED) is 0.504. The Kier molecular flexibility index (Phi) is 3.97. The number of H-pyrrole nitrogens is 1. The summed E-state index contributed by atoms with van der Waals surface area (Å²) in [5.74, 6) is 1.71. The highest BCUT2D eigenvalue weighted by Gasteiger charge is 2.18. The van der Waals surface area contributed by atoms with Crippen LogP contribution in [0.4, 0.5) is 10.7 Å². The summed E-state index contributed by atoms with van der Waals surface area (Å²) >= 11 is 1.12. The van der Waals surface area contributed by atoms with Crippen molar-refractivity contribution >= 4 is 22.2 Å². The van der Waals surface area contributed by atoms with Crippen molar-refractivity contribution in [3.05, 3.63) is 54.6 Å². The molecule has 0 atom stereocenters. The van der Waals surface area contributed by atoms with E-state index in [9.17, 15) is 5.11 Å². The van der Waals surface area contributed by atoms with Crippen molar-refractivity contribution in [3.63, 3.8) is 0 Å². The van der Waals surface area contributed by atoms with Crippen LogP contribution in [0.3, 0.4) is 0 Å². The predicted molar refractivity (Wildman–Crippen MR) is 93.2 cm³/mol. The van der Waals surface area contributed by atoms with Crippen LogP contribution in [0, 0.1) is 0 Å². The molecule has 0 saturated carbocycles. The molecule has 0 spiro atoms. The third-order valence-corrected chi connectivity index (χ3v) is 4.10. The van der Waals surface area contributed by atoms with Gasteiger partial charge in [0.05, 0.1) is 0 Å². The number of hydrogen-bond acceptors (Lipinski definition) is 8. The summed E-state index contributed by atoms with van der Waals surface area (Å²) in [6.45, 7) is 0. The number of nitrogens with zero attached hydrogens (tertiary/aromatic N) is 4. The molecule has 0 fully saturated rings. The summed E-state index contributed by atoms with van der Waals surface area (Å²) in [4.78, 5) is 0. The summed E-state index contributed by atoms with van der Waals surface area (Å²) in [6.07, 6.45) is 0. The van der Waals surface area contributed by atoms with Crippen LogP contribution in [0.15, 0.2) is 54.6 Å². The fourth-order valence-electron chi connectivity index (χ4n) is 2.21. The first-order chi connectivity index (χ1) is 12.3. The fraction of sp³-hybridized carbons (Fsp3) is 0. The Bertz CT molecular complexity index is 954. The Balaban J connectivity index is 1.53. The first kappa shape index (κ1) is 15.1. The van der Waals surface area contributed by atoms with Gasteiger partial charge in [0.15, 0.2) is 5.82 Å². The van der Waals surface area contributed by atoms with E-state index in [1.54, 1.807) is 0 Å². The lowest BCUT2D eigenvalue weighted by atomic mass is 10.2. The van der Waals surface area contributed by atoms with Gasteiger partial charge in [-0.1, -0.05) is 18.2 Å². The molecule has 4 rings (SSSR count). The molecule has 0 bridgehead atoms. The fourth-order valence-corrected chi connectivity index (χ4v) is 2.92. The first-order valence-electron chi connectivity index (χ1n) is 7.32. The van der Waals surface area contributed by atoms with Crippen molar-refractivity contribution in [2.75, 3.05) is 5.32 Å². The second-order valence-corrected chi connectivity index (χ2v) is 5.80. The Hall–Kier alpha value is -3.46. The minimum atomic E-state index is -0.130. The Morgan fingerprint density at radius 1 is 1.00 bits per heavy atom. The summed E-state index contributed by atoms with van der Waals surface area (Å²) in [7, 11) is 0. The highest BCUT2D eigenvalue weighted by Crippen LogP contribution is 2.38. The van der Waals surface area contributed by atoms with E-state index in [0.717, 1.165) is 28.7 Å². The van der Waals surface area contributed by atoms with Crippen LogP contribution in [-0.2, 0) is 0 Å².